The summed E-state index contributed by atoms with van der Waals surface area (Å²) in [6.07, 6.45) is 0. The lowest BCUT2D eigenvalue weighted by Gasteiger charge is -2.16. The molecule has 0 fully saturated rings. The average molecular weight is 282 g/mol. The van der Waals surface area contributed by atoms with Gasteiger partial charge in [0.2, 0.25) is 0 Å². The van der Waals surface area contributed by atoms with Gasteiger partial charge in [0.25, 0.3) is 0 Å². The molecule has 1 unspecified atom stereocenters. The number of rotatable bonds is 2. The first-order valence-electron chi connectivity index (χ1n) is 5.87. The highest BCUT2D eigenvalue weighted by Gasteiger charge is 2.18. The van der Waals surface area contributed by atoms with Gasteiger partial charge in [-0.3, -0.25) is 0 Å². The normalized spacial score (nSPS) is 12.5. The van der Waals surface area contributed by atoms with Crippen LogP contribution in [0.4, 0.5) is 8.78 Å². The molecule has 1 atom stereocenters. The fourth-order valence-corrected chi connectivity index (χ4v) is 2.32. The molecule has 2 rings (SSSR count). The smallest absolute Gasteiger partial charge is 0.131 e. The standard InChI is InChI=1S/C15H14ClF2N/c1-8-3-4-10(12(16)5-8)15(19)11-6-9(2)13(17)7-14(11)18/h3-7,15H,19H2,1-2H3. The lowest BCUT2D eigenvalue weighted by molar-refractivity contribution is 0.561. The molecule has 0 aromatic heterocycles. The van der Waals surface area contributed by atoms with Gasteiger partial charge >= 0.3 is 0 Å². The van der Waals surface area contributed by atoms with E-state index in [1.54, 1.807) is 19.1 Å². The third kappa shape index (κ3) is 2.77. The number of halogens is 3. The molecule has 2 N–H and O–H groups in total. The molecular formula is C15H14ClF2N. The first-order valence-corrected chi connectivity index (χ1v) is 6.25. The van der Waals surface area contributed by atoms with Gasteiger partial charge in [0.05, 0.1) is 6.04 Å². The quantitative estimate of drug-likeness (QED) is 0.873. The molecular weight excluding hydrogens is 268 g/mol. The summed E-state index contributed by atoms with van der Waals surface area (Å²) in [6.45, 7) is 3.48. The van der Waals surface area contributed by atoms with Gasteiger partial charge < -0.3 is 5.73 Å². The van der Waals surface area contributed by atoms with Gasteiger partial charge in [-0.2, -0.15) is 0 Å². The second-order valence-corrected chi connectivity index (χ2v) is 5.03. The number of aryl methyl sites for hydroxylation is 2. The third-order valence-electron chi connectivity index (χ3n) is 3.10. The van der Waals surface area contributed by atoms with Crippen molar-refractivity contribution in [2.24, 2.45) is 5.73 Å². The largest absolute Gasteiger partial charge is 0.320 e. The number of hydrogen-bond donors (Lipinski definition) is 1. The molecule has 0 saturated heterocycles. The Morgan fingerprint density at radius 2 is 1.68 bits per heavy atom. The van der Waals surface area contributed by atoms with E-state index in [1.807, 2.05) is 13.0 Å². The van der Waals surface area contributed by atoms with Crippen LogP contribution >= 0.6 is 11.6 Å². The molecule has 0 spiro atoms. The fourth-order valence-electron chi connectivity index (χ4n) is 1.97. The number of nitrogens with two attached hydrogens (primary N) is 1. The predicted molar refractivity (Wildman–Crippen MR) is 73.3 cm³/mol. The predicted octanol–water partition coefficient (Wildman–Crippen LogP) is 4.28. The van der Waals surface area contributed by atoms with Crippen molar-refractivity contribution in [1.29, 1.82) is 0 Å². The first kappa shape index (κ1) is 14.0. The minimum Gasteiger partial charge on any atom is -0.320 e. The van der Waals surface area contributed by atoms with Gasteiger partial charge in [-0.25, -0.2) is 8.78 Å². The van der Waals surface area contributed by atoms with Crippen molar-refractivity contribution < 1.29 is 8.78 Å². The molecule has 0 heterocycles. The van der Waals surface area contributed by atoms with Crippen LogP contribution in [0.3, 0.4) is 0 Å². The van der Waals surface area contributed by atoms with Crippen molar-refractivity contribution in [2.45, 2.75) is 19.9 Å². The van der Waals surface area contributed by atoms with E-state index in [1.165, 1.54) is 6.07 Å². The Kier molecular flexibility index (Phi) is 3.88. The highest BCUT2D eigenvalue weighted by molar-refractivity contribution is 6.31. The summed E-state index contributed by atoms with van der Waals surface area (Å²) >= 11 is 6.12. The van der Waals surface area contributed by atoms with Gasteiger partial charge in [-0.1, -0.05) is 23.7 Å². The fraction of sp³-hybridized carbons (Fsp3) is 0.200. The molecule has 0 aliphatic rings. The van der Waals surface area contributed by atoms with E-state index in [0.717, 1.165) is 11.6 Å². The minimum atomic E-state index is -0.715. The van der Waals surface area contributed by atoms with Gasteiger partial charge in [-0.05, 0) is 42.7 Å². The Morgan fingerprint density at radius 1 is 1.00 bits per heavy atom. The van der Waals surface area contributed by atoms with Crippen LogP contribution in [0, 0.1) is 25.5 Å². The summed E-state index contributed by atoms with van der Waals surface area (Å²) in [5.41, 5.74) is 8.26. The molecule has 0 aliphatic carbocycles. The Hall–Kier alpha value is -1.45. The van der Waals surface area contributed by atoms with Crippen LogP contribution in [0.1, 0.15) is 28.3 Å². The van der Waals surface area contributed by atoms with Gasteiger partial charge in [0.15, 0.2) is 0 Å². The lowest BCUT2D eigenvalue weighted by Crippen LogP contribution is -2.15. The monoisotopic (exact) mass is 281 g/mol. The SMILES string of the molecule is Cc1ccc(C(N)c2cc(C)c(F)cc2F)c(Cl)c1. The summed E-state index contributed by atoms with van der Waals surface area (Å²) < 4.78 is 27.1. The Balaban J connectivity index is 2.49. The van der Waals surface area contributed by atoms with Crippen molar-refractivity contribution in [2.75, 3.05) is 0 Å². The third-order valence-corrected chi connectivity index (χ3v) is 3.43. The highest BCUT2D eigenvalue weighted by Crippen LogP contribution is 2.29. The Labute approximate surface area is 116 Å². The van der Waals surface area contributed by atoms with Crippen LogP contribution in [0.5, 0.6) is 0 Å². The van der Waals surface area contributed by atoms with Gasteiger partial charge in [0.1, 0.15) is 11.6 Å². The van der Waals surface area contributed by atoms with Crippen molar-refractivity contribution in [3.05, 3.63) is 69.2 Å². The van der Waals surface area contributed by atoms with Crippen LogP contribution in [-0.4, -0.2) is 0 Å². The maximum Gasteiger partial charge on any atom is 0.131 e. The molecule has 1 nitrogen and oxygen atoms in total. The van der Waals surface area contributed by atoms with E-state index >= 15 is 0 Å². The van der Waals surface area contributed by atoms with Crippen molar-refractivity contribution >= 4 is 11.6 Å². The van der Waals surface area contributed by atoms with Crippen LogP contribution < -0.4 is 5.73 Å². The second kappa shape index (κ2) is 5.27. The molecule has 0 amide bonds. The summed E-state index contributed by atoms with van der Waals surface area (Å²) in [5.74, 6) is -1.24. The summed E-state index contributed by atoms with van der Waals surface area (Å²) in [7, 11) is 0. The molecule has 0 aliphatic heterocycles. The zero-order chi connectivity index (χ0) is 14.2. The molecule has 0 saturated carbocycles. The zero-order valence-corrected chi connectivity index (χ0v) is 11.4. The van der Waals surface area contributed by atoms with Crippen molar-refractivity contribution in [1.82, 2.24) is 0 Å². The van der Waals surface area contributed by atoms with Crippen molar-refractivity contribution in [3.63, 3.8) is 0 Å². The van der Waals surface area contributed by atoms with Crippen LogP contribution in [0.15, 0.2) is 30.3 Å². The maximum atomic E-state index is 13.8. The van der Waals surface area contributed by atoms with E-state index in [-0.39, 0.29) is 5.56 Å². The molecule has 4 heteroatoms. The molecule has 2 aromatic carbocycles. The van der Waals surface area contributed by atoms with E-state index < -0.39 is 17.7 Å². The summed E-state index contributed by atoms with van der Waals surface area (Å²) in [6, 6.07) is 6.95. The summed E-state index contributed by atoms with van der Waals surface area (Å²) in [5, 5.41) is 0.480. The molecule has 19 heavy (non-hydrogen) atoms. The van der Waals surface area contributed by atoms with Crippen LogP contribution in [0.2, 0.25) is 5.02 Å². The van der Waals surface area contributed by atoms with E-state index in [0.29, 0.717) is 16.1 Å². The minimum absolute atomic E-state index is 0.240. The summed E-state index contributed by atoms with van der Waals surface area (Å²) in [4.78, 5) is 0. The number of benzene rings is 2. The molecule has 0 bridgehead atoms. The van der Waals surface area contributed by atoms with Crippen molar-refractivity contribution in [3.8, 4) is 0 Å². The van der Waals surface area contributed by atoms with Crippen LogP contribution in [0.25, 0.3) is 0 Å². The molecule has 2 aromatic rings. The van der Waals surface area contributed by atoms with Gasteiger partial charge in [0, 0.05) is 16.7 Å². The zero-order valence-electron chi connectivity index (χ0n) is 10.7. The molecule has 100 valence electrons. The van der Waals surface area contributed by atoms with E-state index in [2.05, 4.69) is 0 Å². The van der Waals surface area contributed by atoms with Crippen LogP contribution in [-0.2, 0) is 0 Å². The van der Waals surface area contributed by atoms with E-state index in [9.17, 15) is 8.78 Å². The maximum absolute atomic E-state index is 13.8. The Bertz CT molecular complexity index is 626. The molecule has 0 radical (unpaired) electrons. The van der Waals surface area contributed by atoms with E-state index in [4.69, 9.17) is 17.3 Å². The number of hydrogen-bond acceptors (Lipinski definition) is 1. The van der Waals surface area contributed by atoms with Gasteiger partial charge in [-0.15, -0.1) is 0 Å². The topological polar surface area (TPSA) is 26.0 Å². The highest BCUT2D eigenvalue weighted by atomic mass is 35.5. The second-order valence-electron chi connectivity index (χ2n) is 4.63. The first-order chi connectivity index (χ1) is 8.90. The average Bonchev–Trinajstić information content (AvgIpc) is 2.33. The Morgan fingerprint density at radius 3 is 2.32 bits per heavy atom. The lowest BCUT2D eigenvalue weighted by atomic mass is 9.96.